The van der Waals surface area contributed by atoms with Gasteiger partial charge in [-0.3, -0.25) is 14.4 Å². The maximum atomic E-state index is 14.5. The van der Waals surface area contributed by atoms with Crippen LogP contribution >= 0.6 is 0 Å². The van der Waals surface area contributed by atoms with E-state index in [0.29, 0.717) is 41.0 Å². The van der Waals surface area contributed by atoms with E-state index in [-0.39, 0.29) is 25.3 Å². The summed E-state index contributed by atoms with van der Waals surface area (Å²) in [5.74, 6) is -1.86. The van der Waals surface area contributed by atoms with Crippen molar-refractivity contribution in [3.63, 3.8) is 0 Å². The van der Waals surface area contributed by atoms with Gasteiger partial charge in [0.15, 0.2) is 5.92 Å². The van der Waals surface area contributed by atoms with Gasteiger partial charge >= 0.3 is 12.1 Å². The number of esters is 1. The lowest BCUT2D eigenvalue weighted by molar-refractivity contribution is -0.143. The summed E-state index contributed by atoms with van der Waals surface area (Å²) in [6.45, 7) is 8.15. The largest absolute Gasteiger partial charge is 0.465 e. The van der Waals surface area contributed by atoms with Gasteiger partial charge in [0.1, 0.15) is 5.60 Å². The van der Waals surface area contributed by atoms with E-state index in [9.17, 15) is 23.6 Å². The summed E-state index contributed by atoms with van der Waals surface area (Å²) >= 11 is 0. The van der Waals surface area contributed by atoms with Crippen molar-refractivity contribution in [3.05, 3.63) is 64.5 Å². The van der Waals surface area contributed by atoms with Gasteiger partial charge < -0.3 is 14.4 Å². The molecule has 5 rings (SSSR count). The number of amides is 1. The molecule has 0 radical (unpaired) electrons. The van der Waals surface area contributed by atoms with Crippen molar-refractivity contribution in [3.8, 4) is 17.2 Å². The van der Waals surface area contributed by atoms with Crippen LogP contribution in [-0.2, 0) is 40.8 Å². The van der Waals surface area contributed by atoms with E-state index in [4.69, 9.17) is 9.47 Å². The summed E-state index contributed by atoms with van der Waals surface area (Å²) in [4.78, 5) is 29.3. The van der Waals surface area contributed by atoms with Gasteiger partial charge in [-0.15, -0.1) is 0 Å². The fraction of sp³-hybridized carbons (Fsp3) is 0.438. The third-order valence-corrected chi connectivity index (χ3v) is 7.60. The Morgan fingerprint density at radius 2 is 1.88 bits per heavy atom. The molecule has 0 spiro atoms. The quantitative estimate of drug-likeness (QED) is 0.301. The molecule has 0 saturated heterocycles. The SMILES string of the molecule is CCOC(=O)C(C#N)c1cc2c(c(N3CCCc4cc(-c5cnn(C)c5)c(C(F)F)cc43)c1)CN(C(=O)OC(C)(C)C)C2. The number of rotatable bonds is 6. The van der Waals surface area contributed by atoms with Crippen molar-refractivity contribution in [2.45, 2.75) is 71.6 Å². The van der Waals surface area contributed by atoms with E-state index >= 15 is 0 Å². The molecular formula is C32H35F2N5O4. The molecule has 0 saturated carbocycles. The van der Waals surface area contributed by atoms with Crippen molar-refractivity contribution < 1.29 is 27.8 Å². The molecule has 0 N–H and O–H groups in total. The number of nitriles is 1. The Morgan fingerprint density at radius 3 is 2.51 bits per heavy atom. The topological polar surface area (TPSA) is 101 Å². The average molecular weight is 592 g/mol. The van der Waals surface area contributed by atoms with E-state index < -0.39 is 30.0 Å². The third kappa shape index (κ3) is 6.05. The smallest absolute Gasteiger partial charge is 0.410 e. The number of halogens is 2. The number of ether oxygens (including phenoxy) is 2. The Hall–Kier alpha value is -4.46. The monoisotopic (exact) mass is 591 g/mol. The third-order valence-electron chi connectivity index (χ3n) is 7.60. The minimum Gasteiger partial charge on any atom is -0.465 e. The van der Waals surface area contributed by atoms with Gasteiger partial charge in [0.05, 0.1) is 25.4 Å². The standard InChI is InChI=1S/C32H35F2N5O4/c1-6-42-30(40)25(14-35)20-10-21-17-38(31(41)43-32(2,3)4)18-26(21)28(12-20)39-9-7-8-19-11-23(22-15-36-37(5)16-22)24(29(33)34)13-27(19)39/h10-13,15-16,25,29H,6-9,17-18H2,1-5H3. The van der Waals surface area contributed by atoms with Crippen LogP contribution < -0.4 is 4.90 Å². The van der Waals surface area contributed by atoms with Gasteiger partial charge in [0.25, 0.3) is 6.43 Å². The second-order valence-electron chi connectivity index (χ2n) is 11.9. The number of carbonyl (C=O) groups excluding carboxylic acids is 2. The van der Waals surface area contributed by atoms with Gasteiger partial charge in [-0.1, -0.05) is 6.07 Å². The lowest BCUT2D eigenvalue weighted by Crippen LogP contribution is -2.33. The first-order valence-electron chi connectivity index (χ1n) is 14.3. The van der Waals surface area contributed by atoms with Crippen LogP contribution in [0.4, 0.5) is 25.0 Å². The fourth-order valence-electron chi connectivity index (χ4n) is 5.76. The van der Waals surface area contributed by atoms with Crippen LogP contribution in [0.2, 0.25) is 0 Å². The summed E-state index contributed by atoms with van der Waals surface area (Å²) < 4.78 is 41.4. The maximum Gasteiger partial charge on any atom is 0.410 e. The highest BCUT2D eigenvalue weighted by Crippen LogP contribution is 2.45. The summed E-state index contributed by atoms with van der Waals surface area (Å²) in [7, 11) is 1.74. The second kappa shape index (κ2) is 11.7. The zero-order valence-corrected chi connectivity index (χ0v) is 25.0. The molecule has 3 aromatic rings. The molecule has 0 fully saturated rings. The van der Waals surface area contributed by atoms with Crippen LogP contribution in [0, 0.1) is 11.3 Å². The Labute approximate surface area is 249 Å². The minimum absolute atomic E-state index is 0.108. The molecule has 2 aliphatic rings. The van der Waals surface area contributed by atoms with Crippen molar-refractivity contribution in [1.82, 2.24) is 14.7 Å². The van der Waals surface area contributed by atoms with E-state index in [0.717, 1.165) is 23.1 Å². The first-order chi connectivity index (χ1) is 20.4. The lowest BCUT2D eigenvalue weighted by Gasteiger charge is -2.34. The minimum atomic E-state index is -2.73. The predicted molar refractivity (Wildman–Crippen MR) is 156 cm³/mol. The van der Waals surface area contributed by atoms with Crippen LogP contribution in [0.1, 0.15) is 74.3 Å². The molecule has 2 aromatic carbocycles. The van der Waals surface area contributed by atoms with Crippen molar-refractivity contribution in [2.75, 3.05) is 18.1 Å². The molecule has 11 heteroatoms. The van der Waals surface area contributed by atoms with Crippen LogP contribution in [0.3, 0.4) is 0 Å². The number of hydrogen-bond acceptors (Lipinski definition) is 7. The number of aryl methyl sites for hydroxylation is 2. The van der Waals surface area contributed by atoms with Crippen LogP contribution in [-0.4, -0.2) is 45.5 Å². The molecule has 1 amide bonds. The zero-order valence-electron chi connectivity index (χ0n) is 25.0. The molecule has 3 heterocycles. The molecular weight excluding hydrogens is 556 g/mol. The van der Waals surface area contributed by atoms with Crippen molar-refractivity contribution in [1.29, 1.82) is 5.26 Å². The first-order valence-corrected chi connectivity index (χ1v) is 14.3. The maximum absolute atomic E-state index is 14.5. The van der Waals surface area contributed by atoms with E-state index in [1.54, 1.807) is 68.9 Å². The number of hydrogen-bond donors (Lipinski definition) is 0. The molecule has 226 valence electrons. The number of alkyl halides is 2. The Bertz CT molecular complexity index is 1600. The van der Waals surface area contributed by atoms with E-state index in [1.807, 2.05) is 11.0 Å². The Kier molecular flexibility index (Phi) is 8.14. The normalized spacial score (nSPS) is 15.1. The molecule has 9 nitrogen and oxygen atoms in total. The lowest BCUT2D eigenvalue weighted by atomic mass is 9.91. The van der Waals surface area contributed by atoms with Crippen molar-refractivity contribution in [2.24, 2.45) is 7.05 Å². The number of benzene rings is 2. The van der Waals surface area contributed by atoms with E-state index in [1.165, 1.54) is 6.07 Å². The summed E-state index contributed by atoms with van der Waals surface area (Å²) in [6, 6.07) is 8.92. The number of carbonyl (C=O) groups is 2. The number of aromatic nitrogens is 2. The first kappa shape index (κ1) is 30.0. The summed E-state index contributed by atoms with van der Waals surface area (Å²) in [6.07, 6.45) is 1.52. The molecule has 1 aromatic heterocycles. The van der Waals surface area contributed by atoms with Gasteiger partial charge in [-0.2, -0.15) is 10.4 Å². The number of fused-ring (bicyclic) bond motifs is 2. The Morgan fingerprint density at radius 1 is 1.12 bits per heavy atom. The van der Waals surface area contributed by atoms with Gasteiger partial charge in [0.2, 0.25) is 0 Å². The Balaban J connectivity index is 1.64. The van der Waals surface area contributed by atoms with Gasteiger partial charge in [0, 0.05) is 54.4 Å². The second-order valence-corrected chi connectivity index (χ2v) is 11.9. The molecule has 43 heavy (non-hydrogen) atoms. The molecule has 1 atom stereocenters. The predicted octanol–water partition coefficient (Wildman–Crippen LogP) is 6.53. The highest BCUT2D eigenvalue weighted by Gasteiger charge is 2.35. The van der Waals surface area contributed by atoms with Gasteiger partial charge in [-0.25, -0.2) is 13.6 Å². The fourth-order valence-corrected chi connectivity index (χ4v) is 5.76. The molecule has 0 aliphatic carbocycles. The van der Waals surface area contributed by atoms with Gasteiger partial charge in [-0.05, 0) is 81.0 Å². The average Bonchev–Trinajstić information content (AvgIpc) is 3.57. The molecule has 0 bridgehead atoms. The van der Waals surface area contributed by atoms with Crippen molar-refractivity contribution >= 4 is 23.4 Å². The van der Waals surface area contributed by atoms with Crippen LogP contribution in [0.25, 0.3) is 11.1 Å². The highest BCUT2D eigenvalue weighted by molar-refractivity contribution is 5.84. The summed E-state index contributed by atoms with van der Waals surface area (Å²) in [5, 5.41) is 14.1. The molecule has 1 unspecified atom stereocenters. The zero-order chi connectivity index (χ0) is 31.1. The van der Waals surface area contributed by atoms with Crippen LogP contribution in [0.5, 0.6) is 0 Å². The van der Waals surface area contributed by atoms with Crippen LogP contribution in [0.15, 0.2) is 36.7 Å². The van der Waals surface area contributed by atoms with E-state index in [2.05, 4.69) is 11.2 Å². The number of anilines is 2. The highest BCUT2D eigenvalue weighted by atomic mass is 19.3. The number of nitrogens with zero attached hydrogens (tertiary/aromatic N) is 5. The summed E-state index contributed by atoms with van der Waals surface area (Å²) in [5.41, 5.74) is 4.45. The molecule has 2 aliphatic heterocycles.